The monoisotopic (exact) mass is 272 g/mol. The number of likely N-dealkylation sites (tertiary alicyclic amines) is 1. The van der Waals surface area contributed by atoms with Crippen molar-refractivity contribution in [3.05, 3.63) is 35.9 Å². The number of carbonyl (C=O) groups is 1. The lowest BCUT2D eigenvalue weighted by molar-refractivity contribution is -0.122. The summed E-state index contributed by atoms with van der Waals surface area (Å²) < 4.78 is 0. The Kier molecular flexibility index (Phi) is 4.36. The molecule has 0 aromatic heterocycles. The summed E-state index contributed by atoms with van der Waals surface area (Å²) in [6.07, 6.45) is 5.79. The Bertz CT molecular complexity index is 436. The van der Waals surface area contributed by atoms with E-state index in [9.17, 15) is 4.79 Å². The highest BCUT2D eigenvalue weighted by Crippen LogP contribution is 2.28. The molecule has 3 rings (SSSR count). The molecule has 3 nitrogen and oxygen atoms in total. The molecule has 1 aromatic carbocycles. The minimum atomic E-state index is 0.266. The lowest BCUT2D eigenvalue weighted by Crippen LogP contribution is -2.44. The third-order valence-electron chi connectivity index (χ3n) is 4.43. The third-order valence-corrected chi connectivity index (χ3v) is 4.43. The molecule has 1 unspecified atom stereocenters. The standard InChI is InChI=1S/C17H24N2O/c20-17(15-8-9-15)18-13-16(19-10-4-5-11-19)12-14-6-2-1-3-7-14/h1-3,6-7,15-16H,4-5,8-13H2,(H,18,20). The summed E-state index contributed by atoms with van der Waals surface area (Å²) in [6, 6.07) is 11.1. The van der Waals surface area contributed by atoms with Crippen LogP contribution in [0.1, 0.15) is 31.2 Å². The first kappa shape index (κ1) is 13.6. The third kappa shape index (κ3) is 3.60. The Labute approximate surface area is 121 Å². The molecule has 1 aliphatic carbocycles. The number of rotatable bonds is 6. The van der Waals surface area contributed by atoms with E-state index in [-0.39, 0.29) is 5.91 Å². The van der Waals surface area contributed by atoms with E-state index in [2.05, 4.69) is 40.5 Å². The lowest BCUT2D eigenvalue weighted by atomic mass is 10.0. The second-order valence-electron chi connectivity index (χ2n) is 6.11. The van der Waals surface area contributed by atoms with Crippen LogP contribution in [-0.2, 0) is 11.2 Å². The van der Waals surface area contributed by atoms with Crippen LogP contribution in [0.2, 0.25) is 0 Å². The van der Waals surface area contributed by atoms with Gasteiger partial charge in [0.2, 0.25) is 5.91 Å². The van der Waals surface area contributed by atoms with Gasteiger partial charge in [-0.15, -0.1) is 0 Å². The van der Waals surface area contributed by atoms with Crippen molar-refractivity contribution in [3.8, 4) is 0 Å². The predicted molar refractivity (Wildman–Crippen MR) is 80.5 cm³/mol. The fourth-order valence-corrected chi connectivity index (χ4v) is 3.03. The highest BCUT2D eigenvalue weighted by Gasteiger charge is 2.30. The van der Waals surface area contributed by atoms with E-state index in [4.69, 9.17) is 0 Å². The van der Waals surface area contributed by atoms with Gasteiger partial charge < -0.3 is 5.32 Å². The van der Waals surface area contributed by atoms with Crippen molar-refractivity contribution in [2.75, 3.05) is 19.6 Å². The van der Waals surface area contributed by atoms with E-state index < -0.39 is 0 Å². The summed E-state index contributed by atoms with van der Waals surface area (Å²) in [5, 5.41) is 3.16. The van der Waals surface area contributed by atoms with Crippen LogP contribution in [-0.4, -0.2) is 36.5 Å². The number of hydrogen-bond acceptors (Lipinski definition) is 2. The van der Waals surface area contributed by atoms with Gasteiger partial charge in [0, 0.05) is 18.5 Å². The van der Waals surface area contributed by atoms with Gasteiger partial charge in [-0.2, -0.15) is 0 Å². The van der Waals surface area contributed by atoms with Gasteiger partial charge in [-0.1, -0.05) is 30.3 Å². The Morgan fingerprint density at radius 2 is 1.90 bits per heavy atom. The molecular formula is C17H24N2O. The van der Waals surface area contributed by atoms with Crippen molar-refractivity contribution in [1.82, 2.24) is 10.2 Å². The first-order valence-electron chi connectivity index (χ1n) is 7.88. The zero-order chi connectivity index (χ0) is 13.8. The molecule has 2 fully saturated rings. The Hall–Kier alpha value is -1.35. The molecule has 0 radical (unpaired) electrons. The SMILES string of the molecule is O=C(NCC(Cc1ccccc1)N1CCCC1)C1CC1. The summed E-state index contributed by atoms with van der Waals surface area (Å²) >= 11 is 0. The molecule has 1 heterocycles. The summed E-state index contributed by atoms with van der Waals surface area (Å²) in [4.78, 5) is 14.4. The largest absolute Gasteiger partial charge is 0.354 e. The van der Waals surface area contributed by atoms with Crippen molar-refractivity contribution in [1.29, 1.82) is 0 Å². The van der Waals surface area contributed by atoms with E-state index >= 15 is 0 Å². The normalized spacial score (nSPS) is 20.8. The molecule has 1 amide bonds. The number of hydrogen-bond donors (Lipinski definition) is 1. The average Bonchev–Trinajstić information content (AvgIpc) is 3.20. The Balaban J connectivity index is 1.58. The van der Waals surface area contributed by atoms with Gasteiger partial charge in [0.05, 0.1) is 0 Å². The molecule has 1 atom stereocenters. The highest BCUT2D eigenvalue weighted by molar-refractivity contribution is 5.80. The van der Waals surface area contributed by atoms with Crippen LogP contribution in [0.25, 0.3) is 0 Å². The van der Waals surface area contributed by atoms with Crippen molar-refractivity contribution in [2.45, 2.75) is 38.1 Å². The Morgan fingerprint density at radius 3 is 2.55 bits per heavy atom. The molecule has 1 N–H and O–H groups in total. The zero-order valence-electron chi connectivity index (χ0n) is 12.1. The maximum atomic E-state index is 11.8. The van der Waals surface area contributed by atoms with E-state index in [1.54, 1.807) is 0 Å². The van der Waals surface area contributed by atoms with Crippen molar-refractivity contribution in [3.63, 3.8) is 0 Å². The highest BCUT2D eigenvalue weighted by atomic mass is 16.2. The minimum absolute atomic E-state index is 0.266. The van der Waals surface area contributed by atoms with E-state index in [1.165, 1.54) is 31.5 Å². The number of amides is 1. The topological polar surface area (TPSA) is 32.3 Å². The summed E-state index contributed by atoms with van der Waals surface area (Å²) in [7, 11) is 0. The maximum absolute atomic E-state index is 11.8. The van der Waals surface area contributed by atoms with Crippen molar-refractivity contribution < 1.29 is 4.79 Å². The van der Waals surface area contributed by atoms with Crippen LogP contribution in [0.15, 0.2) is 30.3 Å². The number of benzene rings is 1. The zero-order valence-corrected chi connectivity index (χ0v) is 12.1. The van der Waals surface area contributed by atoms with E-state index in [0.29, 0.717) is 12.0 Å². The van der Waals surface area contributed by atoms with Gasteiger partial charge in [-0.05, 0) is 50.8 Å². The first-order valence-corrected chi connectivity index (χ1v) is 7.88. The summed E-state index contributed by atoms with van der Waals surface area (Å²) in [5.41, 5.74) is 1.37. The van der Waals surface area contributed by atoms with Crippen LogP contribution in [0.3, 0.4) is 0 Å². The minimum Gasteiger partial charge on any atom is -0.354 e. The average molecular weight is 272 g/mol. The van der Waals surface area contributed by atoms with E-state index in [1.807, 2.05) is 0 Å². The van der Waals surface area contributed by atoms with Gasteiger partial charge in [-0.3, -0.25) is 9.69 Å². The van der Waals surface area contributed by atoms with Crippen molar-refractivity contribution >= 4 is 5.91 Å². The van der Waals surface area contributed by atoms with Gasteiger partial charge in [0.25, 0.3) is 0 Å². The number of nitrogens with zero attached hydrogens (tertiary/aromatic N) is 1. The molecule has 1 aliphatic heterocycles. The molecule has 20 heavy (non-hydrogen) atoms. The second kappa shape index (κ2) is 6.40. The van der Waals surface area contributed by atoms with Crippen molar-refractivity contribution in [2.24, 2.45) is 5.92 Å². The van der Waals surface area contributed by atoms with Gasteiger partial charge in [0.1, 0.15) is 0 Å². The maximum Gasteiger partial charge on any atom is 0.223 e. The number of nitrogens with one attached hydrogen (secondary N) is 1. The molecule has 0 bridgehead atoms. The lowest BCUT2D eigenvalue weighted by Gasteiger charge is -2.28. The summed E-state index contributed by atoms with van der Waals surface area (Å²) in [5.74, 6) is 0.577. The Morgan fingerprint density at radius 1 is 1.20 bits per heavy atom. The van der Waals surface area contributed by atoms with Crippen LogP contribution in [0.5, 0.6) is 0 Å². The molecule has 3 heteroatoms. The molecule has 1 saturated heterocycles. The predicted octanol–water partition coefficient (Wildman–Crippen LogP) is 2.22. The quantitative estimate of drug-likeness (QED) is 0.861. The molecular weight excluding hydrogens is 248 g/mol. The molecule has 1 aromatic rings. The van der Waals surface area contributed by atoms with Crippen LogP contribution >= 0.6 is 0 Å². The molecule has 1 saturated carbocycles. The van der Waals surface area contributed by atoms with Crippen LogP contribution < -0.4 is 5.32 Å². The summed E-state index contributed by atoms with van der Waals surface area (Å²) in [6.45, 7) is 3.15. The second-order valence-corrected chi connectivity index (χ2v) is 6.11. The fraction of sp³-hybridized carbons (Fsp3) is 0.588. The van der Waals surface area contributed by atoms with Gasteiger partial charge in [-0.25, -0.2) is 0 Å². The fourth-order valence-electron chi connectivity index (χ4n) is 3.03. The number of carbonyl (C=O) groups excluding carboxylic acids is 1. The van der Waals surface area contributed by atoms with Gasteiger partial charge in [0.15, 0.2) is 0 Å². The van der Waals surface area contributed by atoms with E-state index in [0.717, 1.165) is 25.8 Å². The van der Waals surface area contributed by atoms with Crippen LogP contribution in [0.4, 0.5) is 0 Å². The molecule has 108 valence electrons. The molecule has 2 aliphatic rings. The van der Waals surface area contributed by atoms with Crippen LogP contribution in [0, 0.1) is 5.92 Å². The van der Waals surface area contributed by atoms with Gasteiger partial charge >= 0.3 is 0 Å². The first-order chi connectivity index (χ1) is 9.83. The smallest absolute Gasteiger partial charge is 0.223 e. The molecule has 0 spiro atoms.